The number of rotatable bonds is 6. The SMILES string of the molecule is CCCN(CC)C(=O)Nc1cc(C(=O)O)ccc1OC. The highest BCUT2D eigenvalue weighted by Gasteiger charge is 2.15. The van der Waals surface area contributed by atoms with Crippen molar-refractivity contribution in [2.24, 2.45) is 0 Å². The zero-order chi connectivity index (χ0) is 15.1. The molecule has 0 heterocycles. The average Bonchev–Trinajstić information content (AvgIpc) is 2.44. The number of hydrogen-bond donors (Lipinski definition) is 2. The molecule has 0 aliphatic heterocycles. The molecule has 1 rings (SSSR count). The van der Waals surface area contributed by atoms with Gasteiger partial charge in [0.15, 0.2) is 0 Å². The van der Waals surface area contributed by atoms with Crippen LogP contribution >= 0.6 is 0 Å². The minimum absolute atomic E-state index is 0.0969. The molecule has 0 saturated carbocycles. The molecule has 0 atom stereocenters. The summed E-state index contributed by atoms with van der Waals surface area (Å²) in [5.41, 5.74) is 0.451. The lowest BCUT2D eigenvalue weighted by Gasteiger charge is -2.21. The van der Waals surface area contributed by atoms with Crippen LogP contribution in [0.5, 0.6) is 5.75 Å². The first kappa shape index (κ1) is 15.8. The maximum atomic E-state index is 12.1. The third-order valence-electron chi connectivity index (χ3n) is 2.85. The fourth-order valence-corrected chi connectivity index (χ4v) is 1.81. The monoisotopic (exact) mass is 280 g/mol. The molecule has 0 aromatic heterocycles. The number of anilines is 1. The number of nitrogens with one attached hydrogen (secondary N) is 1. The van der Waals surface area contributed by atoms with Gasteiger partial charge in [-0.05, 0) is 31.5 Å². The van der Waals surface area contributed by atoms with E-state index in [0.29, 0.717) is 24.5 Å². The smallest absolute Gasteiger partial charge is 0.335 e. The summed E-state index contributed by atoms with van der Waals surface area (Å²) in [4.78, 5) is 24.7. The van der Waals surface area contributed by atoms with Crippen LogP contribution in [0.2, 0.25) is 0 Å². The quantitative estimate of drug-likeness (QED) is 0.839. The Labute approximate surface area is 118 Å². The molecule has 0 radical (unpaired) electrons. The molecule has 20 heavy (non-hydrogen) atoms. The number of amides is 2. The first-order chi connectivity index (χ1) is 9.53. The predicted molar refractivity (Wildman–Crippen MR) is 76.5 cm³/mol. The average molecular weight is 280 g/mol. The highest BCUT2D eigenvalue weighted by atomic mass is 16.5. The molecule has 1 aromatic carbocycles. The predicted octanol–water partition coefficient (Wildman–Crippen LogP) is 2.66. The van der Waals surface area contributed by atoms with Gasteiger partial charge in [-0.2, -0.15) is 0 Å². The van der Waals surface area contributed by atoms with E-state index in [4.69, 9.17) is 9.84 Å². The Morgan fingerprint density at radius 3 is 2.55 bits per heavy atom. The second-order valence-corrected chi connectivity index (χ2v) is 4.23. The standard InChI is InChI=1S/C14H20N2O4/c1-4-8-16(5-2)14(19)15-11-9-10(13(17)18)6-7-12(11)20-3/h6-7,9H,4-5,8H2,1-3H3,(H,15,19)(H,17,18). The van der Waals surface area contributed by atoms with Gasteiger partial charge in [-0.25, -0.2) is 9.59 Å². The van der Waals surface area contributed by atoms with Crippen molar-refractivity contribution in [2.75, 3.05) is 25.5 Å². The van der Waals surface area contributed by atoms with E-state index in [-0.39, 0.29) is 11.6 Å². The Morgan fingerprint density at radius 1 is 1.35 bits per heavy atom. The number of nitrogens with zero attached hydrogens (tertiary/aromatic N) is 1. The molecule has 6 heteroatoms. The van der Waals surface area contributed by atoms with Crippen molar-refractivity contribution in [1.29, 1.82) is 0 Å². The number of urea groups is 1. The second-order valence-electron chi connectivity index (χ2n) is 4.23. The van der Waals surface area contributed by atoms with E-state index in [0.717, 1.165) is 6.42 Å². The normalized spacial score (nSPS) is 9.95. The minimum Gasteiger partial charge on any atom is -0.495 e. The van der Waals surface area contributed by atoms with E-state index in [2.05, 4.69) is 5.32 Å². The summed E-state index contributed by atoms with van der Waals surface area (Å²) in [7, 11) is 1.47. The summed E-state index contributed by atoms with van der Waals surface area (Å²) in [6.45, 7) is 5.10. The highest BCUT2D eigenvalue weighted by Crippen LogP contribution is 2.25. The lowest BCUT2D eigenvalue weighted by Crippen LogP contribution is -2.35. The summed E-state index contributed by atoms with van der Waals surface area (Å²) >= 11 is 0. The first-order valence-corrected chi connectivity index (χ1v) is 6.50. The van der Waals surface area contributed by atoms with E-state index < -0.39 is 5.97 Å². The van der Waals surface area contributed by atoms with Crippen LogP contribution in [-0.2, 0) is 0 Å². The Bertz CT molecular complexity index is 488. The van der Waals surface area contributed by atoms with E-state index in [1.165, 1.54) is 25.3 Å². The van der Waals surface area contributed by atoms with Crippen molar-refractivity contribution in [1.82, 2.24) is 4.90 Å². The fourth-order valence-electron chi connectivity index (χ4n) is 1.81. The summed E-state index contributed by atoms with van der Waals surface area (Å²) < 4.78 is 5.13. The molecule has 110 valence electrons. The van der Waals surface area contributed by atoms with Gasteiger partial charge >= 0.3 is 12.0 Å². The summed E-state index contributed by atoms with van der Waals surface area (Å²) in [6, 6.07) is 4.07. The van der Waals surface area contributed by atoms with E-state index in [9.17, 15) is 9.59 Å². The van der Waals surface area contributed by atoms with Gasteiger partial charge in [0.25, 0.3) is 0 Å². The number of carboxylic acid groups (broad SMARTS) is 1. The number of benzene rings is 1. The molecule has 0 spiro atoms. The Kier molecular flexibility index (Phi) is 5.83. The molecular formula is C14H20N2O4. The highest BCUT2D eigenvalue weighted by molar-refractivity contribution is 5.94. The molecule has 0 aliphatic rings. The van der Waals surface area contributed by atoms with Crippen LogP contribution in [0.15, 0.2) is 18.2 Å². The number of methoxy groups -OCH3 is 1. The Morgan fingerprint density at radius 2 is 2.05 bits per heavy atom. The van der Waals surface area contributed by atoms with Gasteiger partial charge in [0.05, 0.1) is 18.4 Å². The number of hydrogen-bond acceptors (Lipinski definition) is 3. The van der Waals surface area contributed by atoms with Crippen LogP contribution in [-0.4, -0.2) is 42.2 Å². The summed E-state index contributed by atoms with van der Waals surface area (Å²) in [5, 5.41) is 11.7. The molecule has 2 N–H and O–H groups in total. The first-order valence-electron chi connectivity index (χ1n) is 6.50. The van der Waals surface area contributed by atoms with Gasteiger partial charge in [0, 0.05) is 13.1 Å². The zero-order valence-corrected chi connectivity index (χ0v) is 12.0. The largest absolute Gasteiger partial charge is 0.495 e. The van der Waals surface area contributed by atoms with Gasteiger partial charge in [-0.3, -0.25) is 0 Å². The maximum Gasteiger partial charge on any atom is 0.335 e. The Hall–Kier alpha value is -2.24. The van der Waals surface area contributed by atoms with Gasteiger partial charge in [-0.1, -0.05) is 6.92 Å². The fraction of sp³-hybridized carbons (Fsp3) is 0.429. The van der Waals surface area contributed by atoms with Gasteiger partial charge in [0.2, 0.25) is 0 Å². The second kappa shape index (κ2) is 7.37. The van der Waals surface area contributed by atoms with Gasteiger partial charge < -0.3 is 20.1 Å². The molecule has 0 saturated heterocycles. The third kappa shape index (κ3) is 3.88. The number of carboxylic acids is 1. The molecule has 6 nitrogen and oxygen atoms in total. The number of ether oxygens (including phenoxy) is 1. The third-order valence-corrected chi connectivity index (χ3v) is 2.85. The van der Waals surface area contributed by atoms with Crippen molar-refractivity contribution in [3.8, 4) is 5.75 Å². The summed E-state index contributed by atoms with van der Waals surface area (Å²) in [5.74, 6) is -0.625. The lowest BCUT2D eigenvalue weighted by atomic mass is 10.2. The van der Waals surface area contributed by atoms with Crippen LogP contribution < -0.4 is 10.1 Å². The molecule has 0 aliphatic carbocycles. The number of aromatic carboxylic acids is 1. The summed E-state index contributed by atoms with van der Waals surface area (Å²) in [6.07, 6.45) is 0.855. The van der Waals surface area contributed by atoms with Crippen LogP contribution in [0.3, 0.4) is 0 Å². The Balaban J connectivity index is 2.97. The van der Waals surface area contributed by atoms with E-state index in [1.54, 1.807) is 4.90 Å². The van der Waals surface area contributed by atoms with Crippen molar-refractivity contribution < 1.29 is 19.4 Å². The molecule has 2 amide bonds. The number of carbonyl (C=O) groups is 2. The minimum atomic E-state index is -1.05. The van der Waals surface area contributed by atoms with Crippen LogP contribution in [0.4, 0.5) is 10.5 Å². The topological polar surface area (TPSA) is 78.9 Å². The van der Waals surface area contributed by atoms with Gasteiger partial charge in [0.1, 0.15) is 5.75 Å². The molecule has 0 unspecified atom stereocenters. The lowest BCUT2D eigenvalue weighted by molar-refractivity contribution is 0.0697. The molecular weight excluding hydrogens is 260 g/mol. The van der Waals surface area contributed by atoms with Crippen molar-refractivity contribution in [3.05, 3.63) is 23.8 Å². The van der Waals surface area contributed by atoms with Crippen molar-refractivity contribution in [2.45, 2.75) is 20.3 Å². The molecule has 1 aromatic rings. The molecule has 0 fully saturated rings. The van der Waals surface area contributed by atoms with Crippen molar-refractivity contribution in [3.63, 3.8) is 0 Å². The van der Waals surface area contributed by atoms with Crippen LogP contribution in [0.1, 0.15) is 30.6 Å². The molecule has 0 bridgehead atoms. The number of carbonyl (C=O) groups excluding carboxylic acids is 1. The zero-order valence-electron chi connectivity index (χ0n) is 12.0. The van der Waals surface area contributed by atoms with E-state index >= 15 is 0 Å². The van der Waals surface area contributed by atoms with Crippen LogP contribution in [0.25, 0.3) is 0 Å². The van der Waals surface area contributed by atoms with Crippen LogP contribution in [0, 0.1) is 0 Å². The maximum absolute atomic E-state index is 12.1. The van der Waals surface area contributed by atoms with Crippen molar-refractivity contribution >= 4 is 17.7 Å². The van der Waals surface area contributed by atoms with E-state index in [1.807, 2.05) is 13.8 Å². The van der Waals surface area contributed by atoms with Gasteiger partial charge in [-0.15, -0.1) is 0 Å².